The summed E-state index contributed by atoms with van der Waals surface area (Å²) in [6, 6.07) is 0. The van der Waals surface area contributed by atoms with Crippen molar-refractivity contribution in [1.29, 1.82) is 0 Å². The van der Waals surface area contributed by atoms with Crippen LogP contribution >= 0.6 is 31.9 Å². The number of hydrogen-bond acceptors (Lipinski definition) is 1. The molecule has 1 N–H and O–H groups in total. The van der Waals surface area contributed by atoms with E-state index in [2.05, 4.69) is 31.9 Å². The van der Waals surface area contributed by atoms with Gasteiger partial charge in [0, 0.05) is 0 Å². The van der Waals surface area contributed by atoms with Gasteiger partial charge < -0.3 is 5.11 Å². The molecule has 0 saturated heterocycles. The highest BCUT2D eigenvalue weighted by Crippen LogP contribution is 2.59. The van der Waals surface area contributed by atoms with E-state index in [0.717, 1.165) is 3.39 Å². The minimum Gasteiger partial charge on any atom is -0.481 e. The van der Waals surface area contributed by atoms with Crippen molar-refractivity contribution < 1.29 is 9.90 Å². The third kappa shape index (κ3) is 1.74. The molecule has 0 aromatic rings. The standard InChI is InChI=1S/C8H10Br2O2/c1-8(2)4(3-5(9)10)6(8)7(11)12/h3-4,6H,1-2H3,(H,11,12)/t4-,6?/m0/s1. The highest BCUT2D eigenvalue weighted by Gasteiger charge is 2.60. The number of carbonyl (C=O) groups is 1. The predicted molar refractivity (Wildman–Crippen MR) is 54.3 cm³/mol. The summed E-state index contributed by atoms with van der Waals surface area (Å²) in [6.45, 7) is 3.94. The molecule has 0 aromatic heterocycles. The molecule has 1 fully saturated rings. The molecule has 68 valence electrons. The molecule has 1 aliphatic rings. The van der Waals surface area contributed by atoms with Crippen molar-refractivity contribution >= 4 is 37.8 Å². The van der Waals surface area contributed by atoms with E-state index in [1.807, 2.05) is 19.9 Å². The molecular weight excluding hydrogens is 288 g/mol. The van der Waals surface area contributed by atoms with Crippen LogP contribution in [0.5, 0.6) is 0 Å². The van der Waals surface area contributed by atoms with E-state index >= 15 is 0 Å². The fraction of sp³-hybridized carbons (Fsp3) is 0.625. The molecule has 2 nitrogen and oxygen atoms in total. The van der Waals surface area contributed by atoms with Crippen molar-refractivity contribution in [3.63, 3.8) is 0 Å². The lowest BCUT2D eigenvalue weighted by Crippen LogP contribution is -2.02. The Morgan fingerprint density at radius 3 is 2.25 bits per heavy atom. The molecule has 0 bridgehead atoms. The molecule has 0 heterocycles. The summed E-state index contributed by atoms with van der Waals surface area (Å²) in [5.41, 5.74) is -0.0986. The van der Waals surface area contributed by atoms with Crippen molar-refractivity contribution in [3.05, 3.63) is 9.47 Å². The zero-order valence-corrected chi connectivity index (χ0v) is 10.0. The first-order valence-corrected chi connectivity index (χ1v) is 5.21. The minimum atomic E-state index is -0.706. The van der Waals surface area contributed by atoms with Gasteiger partial charge in [-0.15, -0.1) is 0 Å². The molecule has 0 radical (unpaired) electrons. The first-order valence-electron chi connectivity index (χ1n) is 3.63. The second-order valence-electron chi connectivity index (χ2n) is 3.62. The van der Waals surface area contributed by atoms with E-state index < -0.39 is 5.97 Å². The second kappa shape index (κ2) is 3.14. The summed E-state index contributed by atoms with van der Waals surface area (Å²) < 4.78 is 0.830. The highest BCUT2D eigenvalue weighted by atomic mass is 79.9. The second-order valence-corrected chi connectivity index (χ2v) is 6.39. The Morgan fingerprint density at radius 2 is 2.00 bits per heavy atom. The van der Waals surface area contributed by atoms with Gasteiger partial charge in [0.15, 0.2) is 0 Å². The molecule has 1 aliphatic carbocycles. The molecule has 1 unspecified atom stereocenters. The summed E-state index contributed by atoms with van der Waals surface area (Å²) in [5, 5.41) is 8.81. The summed E-state index contributed by atoms with van der Waals surface area (Å²) in [5.74, 6) is -0.797. The van der Waals surface area contributed by atoms with Crippen molar-refractivity contribution in [2.75, 3.05) is 0 Å². The van der Waals surface area contributed by atoms with E-state index in [1.54, 1.807) is 0 Å². The molecule has 0 aromatic carbocycles. The van der Waals surface area contributed by atoms with Gasteiger partial charge in [-0.2, -0.15) is 0 Å². The van der Waals surface area contributed by atoms with Crippen molar-refractivity contribution in [2.24, 2.45) is 17.3 Å². The van der Waals surface area contributed by atoms with Crippen LogP contribution in [0.15, 0.2) is 9.47 Å². The fourth-order valence-corrected chi connectivity index (χ4v) is 2.17. The van der Waals surface area contributed by atoms with E-state index in [0.29, 0.717) is 0 Å². The van der Waals surface area contributed by atoms with Crippen LogP contribution in [-0.4, -0.2) is 11.1 Å². The van der Waals surface area contributed by atoms with Crippen molar-refractivity contribution in [1.82, 2.24) is 0 Å². The average molecular weight is 298 g/mol. The molecule has 0 aliphatic heterocycles. The highest BCUT2D eigenvalue weighted by molar-refractivity contribution is 9.28. The Hall–Kier alpha value is 0.170. The molecule has 1 saturated carbocycles. The topological polar surface area (TPSA) is 37.3 Å². The number of carboxylic acid groups (broad SMARTS) is 1. The molecule has 4 heteroatoms. The summed E-state index contributed by atoms with van der Waals surface area (Å²) in [4.78, 5) is 10.7. The van der Waals surface area contributed by atoms with Gasteiger partial charge in [-0.3, -0.25) is 4.79 Å². The molecule has 1 rings (SSSR count). The van der Waals surface area contributed by atoms with Gasteiger partial charge in [0.1, 0.15) is 0 Å². The maximum Gasteiger partial charge on any atom is 0.307 e. The smallest absolute Gasteiger partial charge is 0.307 e. The minimum absolute atomic E-state index is 0.0986. The summed E-state index contributed by atoms with van der Waals surface area (Å²) in [6.07, 6.45) is 1.90. The van der Waals surface area contributed by atoms with Gasteiger partial charge in [-0.1, -0.05) is 19.9 Å². The largest absolute Gasteiger partial charge is 0.481 e. The van der Waals surface area contributed by atoms with Crippen LogP contribution in [-0.2, 0) is 4.79 Å². The lowest BCUT2D eigenvalue weighted by molar-refractivity contribution is -0.139. The number of allylic oxidation sites excluding steroid dienone is 1. The molecule has 0 spiro atoms. The van der Waals surface area contributed by atoms with Crippen molar-refractivity contribution in [2.45, 2.75) is 13.8 Å². The fourth-order valence-electron chi connectivity index (χ4n) is 1.60. The van der Waals surface area contributed by atoms with E-state index in [9.17, 15) is 4.79 Å². The van der Waals surface area contributed by atoms with Gasteiger partial charge in [-0.05, 0) is 43.2 Å². The Bertz CT molecular complexity index is 241. The quantitative estimate of drug-likeness (QED) is 0.851. The van der Waals surface area contributed by atoms with Crippen LogP contribution in [0.1, 0.15) is 13.8 Å². The number of rotatable bonds is 2. The molecule has 2 atom stereocenters. The number of carboxylic acids is 1. The predicted octanol–water partition coefficient (Wildman–Crippen LogP) is 2.97. The van der Waals surface area contributed by atoms with E-state index in [4.69, 9.17) is 5.11 Å². The van der Waals surface area contributed by atoms with Gasteiger partial charge in [0.2, 0.25) is 0 Å². The van der Waals surface area contributed by atoms with Gasteiger partial charge >= 0.3 is 5.97 Å². The number of aliphatic carboxylic acids is 1. The number of hydrogen-bond donors (Lipinski definition) is 1. The Morgan fingerprint density at radius 1 is 1.50 bits per heavy atom. The zero-order valence-electron chi connectivity index (χ0n) is 6.84. The zero-order chi connectivity index (χ0) is 9.52. The monoisotopic (exact) mass is 296 g/mol. The van der Waals surface area contributed by atoms with E-state index in [-0.39, 0.29) is 17.3 Å². The van der Waals surface area contributed by atoms with E-state index in [1.165, 1.54) is 0 Å². The maximum absolute atomic E-state index is 10.7. The van der Waals surface area contributed by atoms with Gasteiger partial charge in [0.25, 0.3) is 0 Å². The van der Waals surface area contributed by atoms with Crippen LogP contribution in [0.25, 0.3) is 0 Å². The average Bonchev–Trinajstić information content (AvgIpc) is 2.32. The summed E-state index contributed by atoms with van der Waals surface area (Å²) in [7, 11) is 0. The lowest BCUT2D eigenvalue weighted by Gasteiger charge is -1.96. The molecule has 12 heavy (non-hydrogen) atoms. The third-order valence-electron chi connectivity index (χ3n) is 2.48. The van der Waals surface area contributed by atoms with Crippen LogP contribution in [0.3, 0.4) is 0 Å². The lowest BCUT2D eigenvalue weighted by atomic mass is 10.1. The first-order chi connectivity index (χ1) is 5.37. The van der Waals surface area contributed by atoms with Crippen molar-refractivity contribution in [3.8, 4) is 0 Å². The van der Waals surface area contributed by atoms with Crippen LogP contribution in [0.2, 0.25) is 0 Å². The molecular formula is C8H10Br2O2. The van der Waals surface area contributed by atoms with Gasteiger partial charge in [-0.25, -0.2) is 0 Å². The number of halogens is 2. The van der Waals surface area contributed by atoms with Crippen LogP contribution in [0, 0.1) is 17.3 Å². The Kier molecular flexibility index (Phi) is 2.69. The van der Waals surface area contributed by atoms with Crippen LogP contribution < -0.4 is 0 Å². The Balaban J connectivity index is 2.73. The maximum atomic E-state index is 10.7. The normalized spacial score (nSPS) is 31.0. The van der Waals surface area contributed by atoms with Gasteiger partial charge in [0.05, 0.1) is 9.31 Å². The van der Waals surface area contributed by atoms with Crippen LogP contribution in [0.4, 0.5) is 0 Å². The summed E-state index contributed by atoms with van der Waals surface area (Å²) >= 11 is 6.46. The first kappa shape index (κ1) is 10.3. The third-order valence-corrected chi connectivity index (χ3v) is 3.01. The molecule has 0 amide bonds. The SMILES string of the molecule is CC1(C)C(C(=O)O)[C@@H]1C=C(Br)Br. The Labute approximate surface area is 88.3 Å².